The number of nitrogens with zero attached hydrogens (tertiary/aromatic N) is 2. The van der Waals surface area contributed by atoms with Crippen LogP contribution in [0.2, 0.25) is 5.02 Å². The first-order valence-corrected chi connectivity index (χ1v) is 8.68. The van der Waals surface area contributed by atoms with Crippen LogP contribution in [0.4, 0.5) is 5.69 Å². The number of halogens is 1. The minimum absolute atomic E-state index is 0.106. The van der Waals surface area contributed by atoms with E-state index in [1.54, 1.807) is 24.3 Å². The standard InChI is InChI=1S/C20H16ClN3O3/c1-27-18-9-8-13(11-14(18)21)22-19(25)12-24-16-6-3-2-5-15(16)23-10-4-7-17(23)20(24)26/h2-11H,12H2,1H3,(H,22,25). The minimum atomic E-state index is -0.320. The molecule has 0 radical (unpaired) electrons. The average molecular weight is 382 g/mol. The number of para-hydroxylation sites is 2. The molecule has 6 nitrogen and oxygen atoms in total. The van der Waals surface area contributed by atoms with E-state index in [1.807, 2.05) is 40.9 Å². The number of hydrogen-bond acceptors (Lipinski definition) is 3. The summed E-state index contributed by atoms with van der Waals surface area (Å²) in [5, 5.41) is 3.17. The first-order valence-electron chi connectivity index (χ1n) is 8.30. The molecule has 0 atom stereocenters. The van der Waals surface area contributed by atoms with E-state index in [4.69, 9.17) is 16.3 Å². The zero-order valence-electron chi connectivity index (χ0n) is 14.5. The van der Waals surface area contributed by atoms with E-state index in [2.05, 4.69) is 5.32 Å². The highest BCUT2D eigenvalue weighted by Gasteiger charge is 2.13. The van der Waals surface area contributed by atoms with Crippen molar-refractivity contribution in [3.63, 3.8) is 0 Å². The predicted octanol–water partition coefficient (Wildman–Crippen LogP) is 3.55. The number of nitrogens with one attached hydrogen (secondary N) is 1. The number of carbonyl (C=O) groups is 1. The molecule has 136 valence electrons. The van der Waals surface area contributed by atoms with Crippen molar-refractivity contribution in [2.24, 2.45) is 0 Å². The largest absolute Gasteiger partial charge is 0.495 e. The van der Waals surface area contributed by atoms with Gasteiger partial charge < -0.3 is 14.5 Å². The summed E-state index contributed by atoms with van der Waals surface area (Å²) in [6.45, 7) is -0.106. The molecule has 2 aromatic carbocycles. The van der Waals surface area contributed by atoms with Gasteiger partial charge in [-0.1, -0.05) is 23.7 Å². The number of ether oxygens (including phenoxy) is 1. The Morgan fingerprint density at radius 1 is 1.07 bits per heavy atom. The molecule has 0 aliphatic heterocycles. The van der Waals surface area contributed by atoms with Crippen molar-refractivity contribution in [2.75, 3.05) is 12.4 Å². The number of aromatic nitrogens is 2. The lowest BCUT2D eigenvalue weighted by molar-refractivity contribution is -0.116. The Labute approximate surface area is 159 Å². The average Bonchev–Trinajstić information content (AvgIpc) is 3.15. The lowest BCUT2D eigenvalue weighted by atomic mass is 10.2. The van der Waals surface area contributed by atoms with E-state index < -0.39 is 0 Å². The number of fused-ring (bicyclic) bond motifs is 3. The second kappa shape index (κ2) is 6.81. The lowest BCUT2D eigenvalue weighted by Crippen LogP contribution is -2.29. The number of anilines is 1. The first-order chi connectivity index (χ1) is 13.1. The molecule has 0 saturated carbocycles. The molecule has 1 amide bonds. The molecule has 7 heteroatoms. The van der Waals surface area contributed by atoms with Crippen LogP contribution in [-0.4, -0.2) is 22.0 Å². The lowest BCUT2D eigenvalue weighted by Gasteiger charge is -2.13. The van der Waals surface area contributed by atoms with Crippen molar-refractivity contribution in [1.82, 2.24) is 8.97 Å². The van der Waals surface area contributed by atoms with Gasteiger partial charge in [0.15, 0.2) is 0 Å². The molecule has 0 fully saturated rings. The number of benzene rings is 2. The molecule has 0 unspecified atom stereocenters. The first kappa shape index (κ1) is 17.2. The second-order valence-electron chi connectivity index (χ2n) is 6.04. The molecule has 4 aromatic rings. The normalized spacial score (nSPS) is 11.0. The predicted molar refractivity (Wildman–Crippen MR) is 106 cm³/mol. The van der Waals surface area contributed by atoms with Gasteiger partial charge in [0.05, 0.1) is 23.2 Å². The summed E-state index contributed by atoms with van der Waals surface area (Å²) in [6.07, 6.45) is 1.84. The smallest absolute Gasteiger partial charge is 0.275 e. The van der Waals surface area contributed by atoms with Gasteiger partial charge in [0.1, 0.15) is 17.8 Å². The summed E-state index contributed by atoms with van der Waals surface area (Å²) in [7, 11) is 1.52. The minimum Gasteiger partial charge on any atom is -0.495 e. The summed E-state index contributed by atoms with van der Waals surface area (Å²) >= 11 is 6.10. The molecule has 0 bridgehead atoms. The number of rotatable bonds is 4. The van der Waals surface area contributed by atoms with E-state index in [0.29, 0.717) is 27.5 Å². The monoisotopic (exact) mass is 381 g/mol. The topological polar surface area (TPSA) is 64.7 Å². The molecule has 0 aliphatic rings. The SMILES string of the molecule is COc1ccc(NC(=O)Cn2c(=O)c3cccn3c3ccccc32)cc1Cl. The summed E-state index contributed by atoms with van der Waals surface area (Å²) in [4.78, 5) is 25.4. The van der Waals surface area contributed by atoms with Crippen molar-refractivity contribution in [1.29, 1.82) is 0 Å². The van der Waals surface area contributed by atoms with Crippen LogP contribution in [0, 0.1) is 0 Å². The Morgan fingerprint density at radius 3 is 2.56 bits per heavy atom. The van der Waals surface area contributed by atoms with Crippen molar-refractivity contribution >= 4 is 39.7 Å². The highest BCUT2D eigenvalue weighted by molar-refractivity contribution is 6.32. The van der Waals surface area contributed by atoms with Gasteiger partial charge in [-0.2, -0.15) is 0 Å². The number of methoxy groups -OCH3 is 1. The molecule has 2 aromatic heterocycles. The van der Waals surface area contributed by atoms with Crippen LogP contribution in [0.1, 0.15) is 0 Å². The van der Waals surface area contributed by atoms with Gasteiger partial charge in [-0.15, -0.1) is 0 Å². The molecule has 0 spiro atoms. The summed E-state index contributed by atoms with van der Waals surface area (Å²) in [5.74, 6) is 0.204. The van der Waals surface area contributed by atoms with E-state index >= 15 is 0 Å². The molecule has 4 rings (SSSR count). The Morgan fingerprint density at radius 2 is 1.81 bits per heavy atom. The third-order valence-corrected chi connectivity index (χ3v) is 4.68. The maximum Gasteiger partial charge on any atom is 0.275 e. The van der Waals surface area contributed by atoms with E-state index in [1.165, 1.54) is 11.7 Å². The van der Waals surface area contributed by atoms with Gasteiger partial charge in [0.25, 0.3) is 5.56 Å². The molecule has 0 aliphatic carbocycles. The molecule has 2 heterocycles. The highest BCUT2D eigenvalue weighted by atomic mass is 35.5. The van der Waals surface area contributed by atoms with Gasteiger partial charge in [-0.05, 0) is 42.5 Å². The third kappa shape index (κ3) is 3.04. The molecule has 0 saturated heterocycles. The van der Waals surface area contributed by atoms with Crippen LogP contribution >= 0.6 is 11.6 Å². The Hall–Kier alpha value is -3.25. The zero-order valence-corrected chi connectivity index (χ0v) is 15.2. The van der Waals surface area contributed by atoms with E-state index in [-0.39, 0.29) is 18.0 Å². The van der Waals surface area contributed by atoms with Crippen molar-refractivity contribution in [3.05, 3.63) is 76.2 Å². The van der Waals surface area contributed by atoms with Crippen molar-refractivity contribution in [3.8, 4) is 5.75 Å². The molecular formula is C20H16ClN3O3. The number of carbonyl (C=O) groups excluding carboxylic acids is 1. The summed E-state index contributed by atoms with van der Waals surface area (Å²) in [6, 6.07) is 16.0. The van der Waals surface area contributed by atoms with Gasteiger partial charge >= 0.3 is 0 Å². The van der Waals surface area contributed by atoms with Gasteiger partial charge in [-0.25, -0.2) is 0 Å². The van der Waals surface area contributed by atoms with Crippen LogP contribution in [-0.2, 0) is 11.3 Å². The number of amides is 1. The molecule has 27 heavy (non-hydrogen) atoms. The third-order valence-electron chi connectivity index (χ3n) is 4.38. The van der Waals surface area contributed by atoms with Crippen LogP contribution in [0.5, 0.6) is 5.75 Å². The van der Waals surface area contributed by atoms with Crippen LogP contribution in [0.25, 0.3) is 16.6 Å². The Balaban J connectivity index is 1.70. The maximum absolute atomic E-state index is 12.9. The van der Waals surface area contributed by atoms with Crippen molar-refractivity contribution < 1.29 is 9.53 Å². The Bertz CT molecular complexity index is 1230. The highest BCUT2D eigenvalue weighted by Crippen LogP contribution is 2.27. The quantitative estimate of drug-likeness (QED) is 0.588. The van der Waals surface area contributed by atoms with Crippen LogP contribution < -0.4 is 15.6 Å². The van der Waals surface area contributed by atoms with Crippen LogP contribution in [0.15, 0.2) is 65.6 Å². The zero-order chi connectivity index (χ0) is 19.0. The number of hydrogen-bond donors (Lipinski definition) is 1. The fraction of sp³-hybridized carbons (Fsp3) is 0.100. The molecule has 1 N–H and O–H groups in total. The van der Waals surface area contributed by atoms with E-state index in [0.717, 1.165) is 5.52 Å². The van der Waals surface area contributed by atoms with Crippen LogP contribution in [0.3, 0.4) is 0 Å². The maximum atomic E-state index is 12.9. The van der Waals surface area contributed by atoms with Gasteiger partial charge in [-0.3, -0.25) is 14.2 Å². The van der Waals surface area contributed by atoms with Crippen molar-refractivity contribution in [2.45, 2.75) is 6.54 Å². The Kier molecular flexibility index (Phi) is 4.33. The fourth-order valence-electron chi connectivity index (χ4n) is 3.15. The molecular weight excluding hydrogens is 366 g/mol. The van der Waals surface area contributed by atoms with Gasteiger partial charge in [0, 0.05) is 11.9 Å². The van der Waals surface area contributed by atoms with Gasteiger partial charge in [0.2, 0.25) is 5.91 Å². The summed E-state index contributed by atoms with van der Waals surface area (Å²) in [5.41, 5.74) is 2.38. The second-order valence-corrected chi connectivity index (χ2v) is 6.45. The van der Waals surface area contributed by atoms with E-state index in [9.17, 15) is 9.59 Å². The fourth-order valence-corrected chi connectivity index (χ4v) is 3.41. The summed E-state index contributed by atoms with van der Waals surface area (Å²) < 4.78 is 8.41.